The molecule has 1 fully saturated rings. The summed E-state index contributed by atoms with van der Waals surface area (Å²) in [6.45, 7) is 8.91. The zero-order valence-electron chi connectivity index (χ0n) is 11.6. The van der Waals surface area contributed by atoms with Crippen molar-refractivity contribution in [3.63, 3.8) is 0 Å². The van der Waals surface area contributed by atoms with Gasteiger partial charge >= 0.3 is 0 Å². The Hall–Kier alpha value is -0.730. The fraction of sp³-hybridized carbons (Fsp3) is 0.600. The Morgan fingerprint density at radius 1 is 1.22 bits per heavy atom. The highest BCUT2D eigenvalue weighted by atomic mass is 35.5. The molecule has 1 heterocycles. The summed E-state index contributed by atoms with van der Waals surface area (Å²) in [5.41, 5.74) is 1.57. The quantitative estimate of drug-likeness (QED) is 0.884. The highest BCUT2D eigenvalue weighted by Crippen LogP contribution is 2.43. The third-order valence-corrected chi connectivity index (χ3v) is 4.03. The molecule has 0 aliphatic carbocycles. The minimum Gasteiger partial charge on any atom is -0.496 e. The van der Waals surface area contributed by atoms with Crippen LogP contribution >= 0.6 is 11.6 Å². The second-order valence-corrected chi connectivity index (χ2v) is 6.79. The van der Waals surface area contributed by atoms with E-state index in [1.54, 1.807) is 7.11 Å². The SMILES string of the molecule is COc1ccc(Cl)cc1C1(C)CNCC(C)(C)C1. The first-order valence-corrected chi connectivity index (χ1v) is 6.79. The average molecular weight is 268 g/mol. The van der Waals surface area contributed by atoms with Crippen LogP contribution in [-0.2, 0) is 5.41 Å². The number of methoxy groups -OCH3 is 1. The number of piperidine rings is 1. The summed E-state index contributed by atoms with van der Waals surface area (Å²) in [4.78, 5) is 0. The molecule has 2 nitrogen and oxygen atoms in total. The lowest BCUT2D eigenvalue weighted by atomic mass is 9.67. The van der Waals surface area contributed by atoms with Crippen LogP contribution in [0.1, 0.15) is 32.8 Å². The zero-order valence-corrected chi connectivity index (χ0v) is 12.4. The van der Waals surface area contributed by atoms with Crippen LogP contribution in [0.5, 0.6) is 5.75 Å². The van der Waals surface area contributed by atoms with Crippen LogP contribution in [0.3, 0.4) is 0 Å². The van der Waals surface area contributed by atoms with Crippen LogP contribution in [-0.4, -0.2) is 20.2 Å². The molecule has 0 aromatic heterocycles. The van der Waals surface area contributed by atoms with Crippen LogP contribution < -0.4 is 10.1 Å². The van der Waals surface area contributed by atoms with Gasteiger partial charge in [-0.05, 0) is 30.0 Å². The number of ether oxygens (including phenoxy) is 1. The largest absolute Gasteiger partial charge is 0.496 e. The maximum absolute atomic E-state index is 6.15. The van der Waals surface area contributed by atoms with E-state index in [0.717, 1.165) is 30.3 Å². The summed E-state index contributed by atoms with van der Waals surface area (Å²) in [6, 6.07) is 5.89. The van der Waals surface area contributed by atoms with Crippen LogP contribution in [0.25, 0.3) is 0 Å². The Morgan fingerprint density at radius 3 is 2.56 bits per heavy atom. The van der Waals surface area contributed by atoms with Gasteiger partial charge in [0.05, 0.1) is 7.11 Å². The maximum Gasteiger partial charge on any atom is 0.122 e. The van der Waals surface area contributed by atoms with Crippen molar-refractivity contribution in [2.24, 2.45) is 5.41 Å². The number of hydrogen-bond donors (Lipinski definition) is 1. The number of halogens is 1. The smallest absolute Gasteiger partial charge is 0.122 e. The highest BCUT2D eigenvalue weighted by Gasteiger charge is 2.39. The summed E-state index contributed by atoms with van der Waals surface area (Å²) in [6.07, 6.45) is 1.13. The average Bonchev–Trinajstić information content (AvgIpc) is 2.27. The fourth-order valence-corrected chi connectivity index (χ4v) is 3.37. The number of nitrogens with one attached hydrogen (secondary N) is 1. The van der Waals surface area contributed by atoms with Crippen LogP contribution in [0, 0.1) is 5.41 Å². The van der Waals surface area contributed by atoms with Gasteiger partial charge in [0.25, 0.3) is 0 Å². The molecule has 1 atom stereocenters. The van der Waals surface area contributed by atoms with Gasteiger partial charge in [0.1, 0.15) is 5.75 Å². The van der Waals surface area contributed by atoms with Gasteiger partial charge in [-0.15, -0.1) is 0 Å². The summed E-state index contributed by atoms with van der Waals surface area (Å²) in [7, 11) is 1.72. The third kappa shape index (κ3) is 2.65. The van der Waals surface area contributed by atoms with Crippen LogP contribution in [0.4, 0.5) is 0 Å². The van der Waals surface area contributed by atoms with Crippen molar-refractivity contribution in [3.8, 4) is 5.75 Å². The van der Waals surface area contributed by atoms with Crippen molar-refractivity contribution in [1.29, 1.82) is 0 Å². The van der Waals surface area contributed by atoms with Gasteiger partial charge in [-0.1, -0.05) is 32.4 Å². The number of benzene rings is 1. The van der Waals surface area contributed by atoms with E-state index in [1.165, 1.54) is 5.56 Å². The lowest BCUT2D eigenvalue weighted by molar-refractivity contribution is 0.177. The predicted molar refractivity (Wildman–Crippen MR) is 76.6 cm³/mol. The monoisotopic (exact) mass is 267 g/mol. The molecule has 0 bridgehead atoms. The molecule has 0 saturated carbocycles. The molecule has 100 valence electrons. The third-order valence-electron chi connectivity index (χ3n) is 3.80. The van der Waals surface area contributed by atoms with Crippen molar-refractivity contribution >= 4 is 11.6 Å². The van der Waals surface area contributed by atoms with Gasteiger partial charge < -0.3 is 10.1 Å². The Balaban J connectivity index is 2.43. The predicted octanol–water partition coefficient (Wildman–Crippen LogP) is 3.63. The standard InChI is InChI=1S/C15H22ClNO/c1-14(2)8-15(3,10-17-9-14)12-7-11(16)5-6-13(12)18-4/h5-7,17H,8-10H2,1-4H3. The topological polar surface area (TPSA) is 21.3 Å². The second kappa shape index (κ2) is 4.75. The summed E-state index contributed by atoms with van der Waals surface area (Å²) >= 11 is 6.15. The summed E-state index contributed by atoms with van der Waals surface area (Å²) < 4.78 is 5.50. The van der Waals surface area contributed by atoms with Crippen LogP contribution in [0.2, 0.25) is 5.02 Å². The van der Waals surface area contributed by atoms with Gasteiger partial charge in [-0.2, -0.15) is 0 Å². The Kier molecular flexibility index (Phi) is 3.61. The molecule has 0 amide bonds. The van der Waals surface area contributed by atoms with E-state index in [9.17, 15) is 0 Å². The molecule has 1 aliphatic heterocycles. The van der Waals surface area contributed by atoms with Crippen molar-refractivity contribution < 1.29 is 4.74 Å². The molecule has 1 unspecified atom stereocenters. The van der Waals surface area contributed by atoms with Crippen molar-refractivity contribution in [3.05, 3.63) is 28.8 Å². The minimum absolute atomic E-state index is 0.0675. The normalized spacial score (nSPS) is 26.9. The second-order valence-electron chi connectivity index (χ2n) is 6.35. The van der Waals surface area contributed by atoms with Gasteiger partial charge in [0, 0.05) is 29.1 Å². The van der Waals surface area contributed by atoms with E-state index >= 15 is 0 Å². The van der Waals surface area contributed by atoms with Crippen molar-refractivity contribution in [2.75, 3.05) is 20.2 Å². The van der Waals surface area contributed by atoms with E-state index in [-0.39, 0.29) is 5.41 Å². The van der Waals surface area contributed by atoms with Gasteiger partial charge in [0.2, 0.25) is 0 Å². The van der Waals surface area contributed by atoms with Gasteiger partial charge in [0.15, 0.2) is 0 Å². The number of rotatable bonds is 2. The van der Waals surface area contributed by atoms with Gasteiger partial charge in [-0.3, -0.25) is 0 Å². The fourth-order valence-electron chi connectivity index (χ4n) is 3.20. The molecular formula is C15H22ClNO. The summed E-state index contributed by atoms with van der Waals surface area (Å²) in [5, 5.41) is 4.31. The molecule has 1 saturated heterocycles. The molecule has 1 N–H and O–H groups in total. The molecule has 1 aliphatic rings. The maximum atomic E-state index is 6.15. The molecule has 1 aromatic carbocycles. The molecule has 18 heavy (non-hydrogen) atoms. The first-order chi connectivity index (χ1) is 8.36. The van der Waals surface area contributed by atoms with E-state index in [2.05, 4.69) is 26.1 Å². The van der Waals surface area contributed by atoms with E-state index in [1.807, 2.05) is 18.2 Å². The molecule has 2 rings (SSSR count). The zero-order chi connectivity index (χ0) is 13.4. The van der Waals surface area contributed by atoms with Gasteiger partial charge in [-0.25, -0.2) is 0 Å². The number of hydrogen-bond acceptors (Lipinski definition) is 2. The summed E-state index contributed by atoms with van der Waals surface area (Å²) in [5.74, 6) is 0.932. The molecular weight excluding hydrogens is 246 g/mol. The Morgan fingerprint density at radius 2 is 1.94 bits per heavy atom. The lowest BCUT2D eigenvalue weighted by Crippen LogP contribution is -2.49. The minimum atomic E-state index is 0.0675. The van der Waals surface area contributed by atoms with Crippen molar-refractivity contribution in [1.82, 2.24) is 5.32 Å². The lowest BCUT2D eigenvalue weighted by Gasteiger charge is -2.44. The Bertz CT molecular complexity index is 444. The Labute approximate surface area is 115 Å². The van der Waals surface area contributed by atoms with Crippen molar-refractivity contribution in [2.45, 2.75) is 32.6 Å². The van der Waals surface area contributed by atoms with E-state index < -0.39 is 0 Å². The molecule has 1 aromatic rings. The van der Waals surface area contributed by atoms with Crippen LogP contribution in [0.15, 0.2) is 18.2 Å². The first kappa shape index (κ1) is 13.7. The molecule has 0 radical (unpaired) electrons. The van der Waals surface area contributed by atoms with E-state index in [0.29, 0.717) is 5.41 Å². The van der Waals surface area contributed by atoms with E-state index in [4.69, 9.17) is 16.3 Å². The molecule has 3 heteroatoms. The molecule has 0 spiro atoms. The first-order valence-electron chi connectivity index (χ1n) is 6.41. The highest BCUT2D eigenvalue weighted by molar-refractivity contribution is 6.30.